The highest BCUT2D eigenvalue weighted by atomic mass is 16.7. The van der Waals surface area contributed by atoms with Crippen molar-refractivity contribution in [2.24, 2.45) is 11.8 Å². The lowest BCUT2D eigenvalue weighted by molar-refractivity contribution is -0.168. The first-order valence-electron chi connectivity index (χ1n) is 13.1. The molecule has 1 N–H and O–H groups in total. The van der Waals surface area contributed by atoms with E-state index < -0.39 is 17.8 Å². The predicted molar refractivity (Wildman–Crippen MR) is 143 cm³/mol. The number of benzene rings is 2. The van der Waals surface area contributed by atoms with Crippen LogP contribution in [0.15, 0.2) is 78.9 Å². The van der Waals surface area contributed by atoms with Gasteiger partial charge < -0.3 is 9.94 Å². The largest absolute Gasteiger partial charge is 0.393 e. The molecule has 37 heavy (non-hydrogen) atoms. The second-order valence-electron chi connectivity index (χ2n) is 9.63. The normalized spacial score (nSPS) is 21.2. The molecule has 2 aromatic rings. The Morgan fingerprint density at radius 2 is 1.68 bits per heavy atom. The summed E-state index contributed by atoms with van der Waals surface area (Å²) in [6, 6.07) is 16.8. The minimum Gasteiger partial charge on any atom is -0.393 e. The highest BCUT2D eigenvalue weighted by Gasteiger charge is 2.38. The number of hydroxylamine groups is 2. The summed E-state index contributed by atoms with van der Waals surface area (Å²) >= 11 is 0. The van der Waals surface area contributed by atoms with Crippen LogP contribution in [0.25, 0.3) is 0 Å². The van der Waals surface area contributed by atoms with E-state index in [1.165, 1.54) is 5.56 Å². The van der Waals surface area contributed by atoms with Crippen molar-refractivity contribution in [3.05, 3.63) is 95.6 Å². The number of aliphatic hydroxyl groups is 1. The van der Waals surface area contributed by atoms with Gasteiger partial charge in [0, 0.05) is 6.42 Å². The minimum atomic E-state index is -0.610. The molecule has 1 radical (unpaired) electrons. The van der Waals surface area contributed by atoms with E-state index in [4.69, 9.17) is 4.84 Å². The van der Waals surface area contributed by atoms with E-state index >= 15 is 0 Å². The Hall–Kier alpha value is -3.45. The third-order valence-electron chi connectivity index (χ3n) is 7.03. The maximum absolute atomic E-state index is 12.3. The third-order valence-corrected chi connectivity index (χ3v) is 7.03. The van der Waals surface area contributed by atoms with E-state index in [-0.39, 0.29) is 29.6 Å². The van der Waals surface area contributed by atoms with Crippen molar-refractivity contribution < 1.29 is 24.3 Å². The molecule has 1 heterocycles. The first-order chi connectivity index (χ1) is 18.0. The van der Waals surface area contributed by atoms with E-state index in [2.05, 4.69) is 49.8 Å². The number of hydrogen-bond acceptors (Lipinski definition) is 5. The van der Waals surface area contributed by atoms with Crippen molar-refractivity contribution in [3.8, 4) is 0 Å². The number of allylic oxidation sites excluding steroid dienone is 4. The fourth-order valence-corrected chi connectivity index (χ4v) is 4.99. The highest BCUT2D eigenvalue weighted by Crippen LogP contribution is 2.36. The lowest BCUT2D eigenvalue weighted by Gasteiger charge is -2.17. The first-order valence-corrected chi connectivity index (χ1v) is 13.1. The molecule has 0 aromatic heterocycles. The van der Waals surface area contributed by atoms with Crippen LogP contribution in [0.1, 0.15) is 64.8 Å². The summed E-state index contributed by atoms with van der Waals surface area (Å²) < 4.78 is 0. The Labute approximate surface area is 219 Å². The fraction of sp³-hybridized carbons (Fsp3) is 0.367. The van der Waals surface area contributed by atoms with Crippen LogP contribution < -0.4 is 0 Å². The van der Waals surface area contributed by atoms with Gasteiger partial charge in [0.15, 0.2) is 0 Å². The molecule has 1 aliphatic heterocycles. The van der Waals surface area contributed by atoms with E-state index in [0.717, 1.165) is 31.9 Å². The molecule has 191 valence electrons. The van der Waals surface area contributed by atoms with Crippen molar-refractivity contribution in [1.82, 2.24) is 5.06 Å². The van der Waals surface area contributed by atoms with Gasteiger partial charge in [0.25, 0.3) is 11.8 Å². The van der Waals surface area contributed by atoms with Crippen LogP contribution in [0.4, 0.5) is 0 Å². The van der Waals surface area contributed by atoms with Gasteiger partial charge in [-0.3, -0.25) is 9.59 Å². The van der Waals surface area contributed by atoms with Crippen LogP contribution in [-0.4, -0.2) is 41.3 Å². The molecular formula is C30H33BNO5. The molecule has 1 saturated carbocycles. The van der Waals surface area contributed by atoms with E-state index in [0.29, 0.717) is 23.8 Å². The number of rotatable bonds is 12. The molecule has 0 spiro atoms. The van der Waals surface area contributed by atoms with Crippen molar-refractivity contribution >= 4 is 25.1 Å². The highest BCUT2D eigenvalue weighted by molar-refractivity contribution is 6.35. The summed E-state index contributed by atoms with van der Waals surface area (Å²) in [5.74, 6) is -1.24. The summed E-state index contributed by atoms with van der Waals surface area (Å²) in [6.45, 7) is 0. The van der Waals surface area contributed by atoms with E-state index in [9.17, 15) is 19.5 Å². The van der Waals surface area contributed by atoms with Crippen LogP contribution in [-0.2, 0) is 16.0 Å². The summed E-state index contributed by atoms with van der Waals surface area (Å²) in [7, 11) is 2.27. The first kappa shape index (κ1) is 26.6. The number of unbranched alkanes of at least 4 members (excludes halogenated alkanes) is 1. The van der Waals surface area contributed by atoms with E-state index in [1.54, 1.807) is 24.3 Å². The van der Waals surface area contributed by atoms with Gasteiger partial charge in [-0.05, 0) is 56.1 Å². The molecule has 4 rings (SSSR count). The lowest BCUT2D eigenvalue weighted by Crippen LogP contribution is -2.32. The minimum absolute atomic E-state index is 0.106. The number of fused-ring (bicyclic) bond motifs is 1. The Kier molecular flexibility index (Phi) is 9.49. The van der Waals surface area contributed by atoms with Crippen LogP contribution in [0, 0.1) is 11.8 Å². The molecule has 1 aliphatic carbocycles. The quantitative estimate of drug-likeness (QED) is 0.190. The number of amides is 2. The molecule has 2 aromatic carbocycles. The number of imide groups is 1. The van der Waals surface area contributed by atoms with Crippen LogP contribution in [0.5, 0.6) is 0 Å². The summed E-state index contributed by atoms with van der Waals surface area (Å²) in [6.07, 6.45) is 14.1. The second-order valence-corrected chi connectivity index (χ2v) is 9.63. The topological polar surface area (TPSA) is 83.9 Å². The smallest absolute Gasteiger partial charge is 0.333 e. The van der Waals surface area contributed by atoms with Crippen LogP contribution in [0.3, 0.4) is 0 Å². The molecule has 2 aliphatic rings. The van der Waals surface area contributed by atoms with Gasteiger partial charge in [-0.25, -0.2) is 4.79 Å². The summed E-state index contributed by atoms with van der Waals surface area (Å²) in [5, 5.41) is 11.0. The Morgan fingerprint density at radius 1 is 0.973 bits per heavy atom. The van der Waals surface area contributed by atoms with Crippen molar-refractivity contribution in [2.45, 2.75) is 57.3 Å². The molecule has 2 unspecified atom stereocenters. The van der Waals surface area contributed by atoms with Crippen LogP contribution >= 0.6 is 0 Å². The van der Waals surface area contributed by atoms with Gasteiger partial charge in [-0.15, -0.1) is 0 Å². The molecule has 6 nitrogen and oxygen atoms in total. The average Bonchev–Trinajstić information content (AvgIpc) is 3.38. The second kappa shape index (κ2) is 13.2. The predicted octanol–water partition coefficient (Wildman–Crippen LogP) is 5.12. The number of carbonyl (C=O) groups excluding carboxylic acids is 3. The zero-order chi connectivity index (χ0) is 26.0. The zero-order valence-corrected chi connectivity index (χ0v) is 21.0. The standard InChI is InChI=1S/C30H33BNO5/c33-27-19-18-23(13-10-20-31-21-22-11-4-3-5-12-22)24(27)14-6-1-2-7-17-28(34)37-32-29(35)25-15-8-9-16-26(25)30(32)36/h1,3-6,8-13,15-16,23-24,27,33H,2,7,14,17-21H2/b6-1-,13-10+/t23?,24-,27?/m1/s1. The molecule has 0 bridgehead atoms. The number of carbonyl (C=O) groups is 3. The Balaban J connectivity index is 1.13. The number of hydrogen-bond donors (Lipinski definition) is 1. The van der Waals surface area contributed by atoms with Gasteiger partial charge in [0.1, 0.15) is 7.28 Å². The zero-order valence-electron chi connectivity index (χ0n) is 21.0. The number of aliphatic hydroxyl groups excluding tert-OH is 1. The van der Waals surface area contributed by atoms with Gasteiger partial charge in [0.2, 0.25) is 0 Å². The summed E-state index contributed by atoms with van der Waals surface area (Å²) in [4.78, 5) is 41.8. The molecule has 7 heteroatoms. The third kappa shape index (κ3) is 7.07. The molecule has 3 atom stereocenters. The van der Waals surface area contributed by atoms with Gasteiger partial charge in [-0.1, -0.05) is 90.0 Å². The SMILES string of the molecule is O=C(CCC/C=C\C[C@H]1C(O)CCC1/C=C/C[B]Cc1ccccc1)ON1C(=O)c2ccccc2C1=O. The van der Waals surface area contributed by atoms with Crippen molar-refractivity contribution in [3.63, 3.8) is 0 Å². The van der Waals surface area contributed by atoms with Crippen molar-refractivity contribution in [1.29, 1.82) is 0 Å². The van der Waals surface area contributed by atoms with Gasteiger partial charge >= 0.3 is 5.97 Å². The lowest BCUT2D eigenvalue weighted by atomic mass is 9.68. The van der Waals surface area contributed by atoms with Crippen LogP contribution in [0.2, 0.25) is 6.32 Å². The monoisotopic (exact) mass is 498 g/mol. The Morgan fingerprint density at radius 3 is 2.41 bits per heavy atom. The molecular weight excluding hydrogens is 465 g/mol. The van der Waals surface area contributed by atoms with Crippen molar-refractivity contribution in [2.75, 3.05) is 0 Å². The molecule has 0 saturated heterocycles. The van der Waals surface area contributed by atoms with E-state index in [1.807, 2.05) is 12.1 Å². The summed E-state index contributed by atoms with van der Waals surface area (Å²) in [5.41, 5.74) is 1.80. The maximum Gasteiger partial charge on any atom is 0.333 e. The Bertz CT molecular complexity index is 1110. The molecule has 1 fully saturated rings. The van der Waals surface area contributed by atoms with Gasteiger partial charge in [0.05, 0.1) is 17.2 Å². The van der Waals surface area contributed by atoms with Gasteiger partial charge in [-0.2, -0.15) is 0 Å². The number of nitrogens with zero attached hydrogens (tertiary/aromatic N) is 1. The molecule has 2 amide bonds. The maximum atomic E-state index is 12.3. The fourth-order valence-electron chi connectivity index (χ4n) is 4.99. The average molecular weight is 498 g/mol.